The Morgan fingerprint density at radius 2 is 1.29 bits per heavy atom. The van der Waals surface area contributed by atoms with Gasteiger partial charge in [0.05, 0.1) is 0 Å². The predicted molar refractivity (Wildman–Crippen MR) is 45.2 cm³/mol. The topological polar surface area (TPSA) is 20.2 Å². The van der Waals surface area contributed by atoms with Crippen LogP contribution >= 0.6 is 22.6 Å². The summed E-state index contributed by atoms with van der Waals surface area (Å²) in [6.07, 6.45) is -13.1. The summed E-state index contributed by atoms with van der Waals surface area (Å²) < 4.78 is 71.8. The highest BCUT2D eigenvalue weighted by Crippen LogP contribution is 2.45. The van der Waals surface area contributed by atoms with Crippen molar-refractivity contribution in [3.8, 4) is 0 Å². The lowest BCUT2D eigenvalue weighted by Gasteiger charge is -2.32. The van der Waals surface area contributed by atoms with Crippen molar-refractivity contribution in [3.63, 3.8) is 0 Å². The molecule has 0 rings (SSSR count). The smallest absolute Gasteiger partial charge is 0.374 e. The number of alkyl halides is 7. The first kappa shape index (κ1) is 14.3. The van der Waals surface area contributed by atoms with E-state index < -0.39 is 24.4 Å². The van der Waals surface area contributed by atoms with E-state index in [9.17, 15) is 26.3 Å². The Morgan fingerprint density at radius 1 is 0.929 bits per heavy atom. The molecule has 0 radical (unpaired) electrons. The molecule has 0 spiro atoms. The fraction of sp³-hybridized carbons (Fsp3) is 1.00. The number of aliphatic hydroxyl groups is 1. The highest BCUT2D eigenvalue weighted by Gasteiger charge is 2.69. The van der Waals surface area contributed by atoms with Gasteiger partial charge in [0.15, 0.2) is 0 Å². The third-order valence-corrected chi connectivity index (χ3v) is 2.37. The minimum atomic E-state index is -5.68. The van der Waals surface area contributed by atoms with Crippen LogP contribution in [0.1, 0.15) is 12.8 Å². The van der Waals surface area contributed by atoms with Crippen LogP contribution in [0.4, 0.5) is 26.3 Å². The highest BCUT2D eigenvalue weighted by molar-refractivity contribution is 14.1. The van der Waals surface area contributed by atoms with Crippen molar-refractivity contribution in [2.75, 3.05) is 4.43 Å². The van der Waals surface area contributed by atoms with Gasteiger partial charge in [0.2, 0.25) is 0 Å². The number of hydrogen-bond acceptors (Lipinski definition) is 1. The van der Waals surface area contributed by atoms with Crippen molar-refractivity contribution < 1.29 is 31.4 Å². The summed E-state index contributed by atoms with van der Waals surface area (Å²) in [5.74, 6) is 0. The predicted octanol–water partition coefficient (Wildman–Crippen LogP) is 3.06. The summed E-state index contributed by atoms with van der Waals surface area (Å²) in [7, 11) is 0. The number of rotatable bonds is 3. The zero-order valence-electron chi connectivity index (χ0n) is 6.71. The Kier molecular flexibility index (Phi) is 4.50. The molecule has 0 atom stereocenters. The molecule has 14 heavy (non-hydrogen) atoms. The Hall–Kier alpha value is 0.270. The first-order valence-electron chi connectivity index (χ1n) is 3.48. The van der Waals surface area contributed by atoms with E-state index in [-0.39, 0.29) is 10.8 Å². The molecule has 0 aromatic rings. The lowest BCUT2D eigenvalue weighted by Crippen LogP contribution is -2.56. The van der Waals surface area contributed by atoms with Crippen molar-refractivity contribution in [2.24, 2.45) is 0 Å². The van der Waals surface area contributed by atoms with Crippen LogP contribution in [0.5, 0.6) is 0 Å². The SMILES string of the molecule is OC(CCCI)(C(F)(F)F)C(F)(F)F. The zero-order chi connectivity index (χ0) is 11.6. The summed E-state index contributed by atoms with van der Waals surface area (Å²) in [6, 6.07) is 0. The Balaban J connectivity index is 4.87. The van der Waals surface area contributed by atoms with Gasteiger partial charge in [-0.1, -0.05) is 22.6 Å². The molecular weight excluding hydrogens is 329 g/mol. The first-order chi connectivity index (χ1) is 6.06. The van der Waals surface area contributed by atoms with Crippen molar-refractivity contribution in [3.05, 3.63) is 0 Å². The maximum absolute atomic E-state index is 12.0. The Labute approximate surface area is 89.6 Å². The molecule has 0 bridgehead atoms. The first-order valence-corrected chi connectivity index (χ1v) is 5.00. The molecule has 0 saturated carbocycles. The summed E-state index contributed by atoms with van der Waals surface area (Å²) in [5.41, 5.74) is -4.58. The van der Waals surface area contributed by atoms with Gasteiger partial charge in [-0.15, -0.1) is 0 Å². The van der Waals surface area contributed by atoms with Gasteiger partial charge in [0.1, 0.15) is 0 Å². The lowest BCUT2D eigenvalue weighted by atomic mass is 9.97. The van der Waals surface area contributed by atoms with Gasteiger partial charge in [-0.25, -0.2) is 0 Å². The average Bonchev–Trinajstić information content (AvgIpc) is 1.95. The van der Waals surface area contributed by atoms with Gasteiger partial charge in [-0.3, -0.25) is 0 Å². The molecule has 0 aromatic heterocycles. The minimum Gasteiger partial charge on any atom is -0.374 e. The second-order valence-corrected chi connectivity index (χ2v) is 3.73. The molecule has 1 nitrogen and oxygen atoms in total. The highest BCUT2D eigenvalue weighted by atomic mass is 127. The van der Waals surface area contributed by atoms with Crippen LogP contribution in [-0.2, 0) is 0 Å². The van der Waals surface area contributed by atoms with E-state index in [2.05, 4.69) is 0 Å². The quantitative estimate of drug-likeness (QED) is 0.477. The second kappa shape index (κ2) is 4.42. The van der Waals surface area contributed by atoms with Crippen LogP contribution < -0.4 is 0 Å². The van der Waals surface area contributed by atoms with Crippen LogP contribution in [0.3, 0.4) is 0 Å². The molecule has 0 fully saturated rings. The van der Waals surface area contributed by atoms with E-state index in [4.69, 9.17) is 5.11 Å². The minimum absolute atomic E-state index is 0.117. The third kappa shape index (κ3) is 2.88. The monoisotopic (exact) mass is 336 g/mol. The van der Waals surface area contributed by atoms with Gasteiger partial charge in [-0.05, 0) is 17.3 Å². The maximum atomic E-state index is 12.0. The van der Waals surface area contributed by atoms with Gasteiger partial charge in [0, 0.05) is 0 Å². The third-order valence-electron chi connectivity index (χ3n) is 1.61. The van der Waals surface area contributed by atoms with E-state index in [0.717, 1.165) is 0 Å². The van der Waals surface area contributed by atoms with Crippen molar-refractivity contribution in [1.82, 2.24) is 0 Å². The van der Waals surface area contributed by atoms with Crippen LogP contribution in [0.2, 0.25) is 0 Å². The molecular formula is C6H7F6IO. The van der Waals surface area contributed by atoms with Gasteiger partial charge < -0.3 is 5.11 Å². The largest absolute Gasteiger partial charge is 0.426 e. The standard InChI is InChI=1S/C6H7F6IO/c7-5(8,9)4(14,2-1-3-13)6(10,11)12/h14H,1-3H2. The lowest BCUT2D eigenvalue weighted by molar-refractivity contribution is -0.369. The van der Waals surface area contributed by atoms with Crippen LogP contribution in [0.25, 0.3) is 0 Å². The van der Waals surface area contributed by atoms with Crippen LogP contribution in [0, 0.1) is 0 Å². The van der Waals surface area contributed by atoms with E-state index in [0.29, 0.717) is 0 Å². The molecule has 0 aliphatic heterocycles. The summed E-state index contributed by atoms with van der Waals surface area (Å²) >= 11 is 1.64. The van der Waals surface area contributed by atoms with E-state index in [1.807, 2.05) is 0 Å². The fourth-order valence-corrected chi connectivity index (χ4v) is 1.15. The normalized spacial score (nSPS) is 14.6. The molecule has 0 unspecified atom stereocenters. The van der Waals surface area contributed by atoms with Crippen molar-refractivity contribution in [1.29, 1.82) is 0 Å². The molecule has 0 aliphatic carbocycles. The second-order valence-electron chi connectivity index (χ2n) is 2.65. The molecule has 1 N–H and O–H groups in total. The Bertz CT molecular complexity index is 172. The van der Waals surface area contributed by atoms with Gasteiger partial charge in [-0.2, -0.15) is 26.3 Å². The molecule has 0 aliphatic rings. The molecule has 0 heterocycles. The average molecular weight is 336 g/mol. The molecule has 0 saturated heterocycles. The molecule has 8 heteroatoms. The maximum Gasteiger partial charge on any atom is 0.426 e. The fourth-order valence-electron chi connectivity index (χ4n) is 0.767. The van der Waals surface area contributed by atoms with Gasteiger partial charge >= 0.3 is 12.4 Å². The molecule has 0 aromatic carbocycles. The van der Waals surface area contributed by atoms with E-state index in [1.54, 1.807) is 22.6 Å². The Morgan fingerprint density at radius 3 is 1.50 bits per heavy atom. The zero-order valence-corrected chi connectivity index (χ0v) is 8.87. The molecule has 0 amide bonds. The number of halogens is 7. The number of hydrogen-bond donors (Lipinski definition) is 1. The van der Waals surface area contributed by atoms with Crippen molar-refractivity contribution in [2.45, 2.75) is 30.8 Å². The summed E-state index contributed by atoms with van der Waals surface area (Å²) in [6.45, 7) is 0. The summed E-state index contributed by atoms with van der Waals surface area (Å²) in [4.78, 5) is 0. The van der Waals surface area contributed by atoms with E-state index >= 15 is 0 Å². The molecule has 86 valence electrons. The van der Waals surface area contributed by atoms with E-state index in [1.165, 1.54) is 0 Å². The summed E-state index contributed by atoms with van der Waals surface area (Å²) in [5, 5.41) is 8.56. The van der Waals surface area contributed by atoms with Crippen molar-refractivity contribution >= 4 is 22.6 Å². The van der Waals surface area contributed by atoms with Crippen LogP contribution in [0.15, 0.2) is 0 Å². The van der Waals surface area contributed by atoms with Crippen LogP contribution in [-0.4, -0.2) is 27.5 Å². The van der Waals surface area contributed by atoms with Gasteiger partial charge in [0.25, 0.3) is 5.60 Å².